The Balaban J connectivity index is 1.26. The van der Waals surface area contributed by atoms with Crippen LogP contribution in [0, 0.1) is 23.2 Å². The van der Waals surface area contributed by atoms with Crippen LogP contribution in [0.2, 0.25) is 0 Å². The third kappa shape index (κ3) is 4.32. The quantitative estimate of drug-likeness (QED) is 0.521. The van der Waals surface area contributed by atoms with E-state index in [4.69, 9.17) is 9.84 Å². The van der Waals surface area contributed by atoms with E-state index in [1.807, 2.05) is 28.0 Å². The topological polar surface area (TPSA) is 125 Å². The monoisotopic (exact) mass is 488 g/mol. The van der Waals surface area contributed by atoms with Crippen molar-refractivity contribution in [3.05, 3.63) is 24.8 Å². The van der Waals surface area contributed by atoms with Gasteiger partial charge in [-0.2, -0.15) is 10.4 Å². The lowest BCUT2D eigenvalue weighted by molar-refractivity contribution is -0.142. The number of H-pyrrole nitrogens is 1. The average molecular weight is 489 g/mol. The fourth-order valence-electron chi connectivity index (χ4n) is 6.01. The number of carbonyl (C=O) groups excluding carboxylic acids is 1. The van der Waals surface area contributed by atoms with Gasteiger partial charge in [0, 0.05) is 42.8 Å². The highest BCUT2D eigenvalue weighted by Gasteiger charge is 2.38. The molecule has 2 saturated carbocycles. The van der Waals surface area contributed by atoms with Crippen molar-refractivity contribution in [2.45, 2.75) is 57.0 Å². The molecule has 3 fully saturated rings. The molecule has 0 aromatic carbocycles. The Labute approximate surface area is 210 Å². The van der Waals surface area contributed by atoms with Gasteiger partial charge >= 0.3 is 0 Å². The van der Waals surface area contributed by atoms with Crippen LogP contribution in [0.15, 0.2) is 24.8 Å². The molecule has 10 heteroatoms. The molecule has 1 atom stereocenters. The van der Waals surface area contributed by atoms with Crippen LogP contribution in [0.3, 0.4) is 0 Å². The molecular formula is C26H32N8O2. The molecule has 0 spiro atoms. The Kier molecular flexibility index (Phi) is 6.32. The van der Waals surface area contributed by atoms with E-state index in [2.05, 4.69) is 26.3 Å². The summed E-state index contributed by atoms with van der Waals surface area (Å²) in [5, 5.41) is 19.1. The number of hydrogen-bond donors (Lipinski definition) is 2. The highest BCUT2D eigenvalue weighted by molar-refractivity contribution is 5.93. The number of amides is 1. The molecule has 3 aromatic heterocycles. The normalized spacial score (nSPS) is 23.4. The van der Waals surface area contributed by atoms with Crippen LogP contribution in [0.5, 0.6) is 0 Å². The van der Waals surface area contributed by atoms with Crippen LogP contribution >= 0.6 is 0 Å². The summed E-state index contributed by atoms with van der Waals surface area (Å²) in [6.07, 6.45) is 12.2. The zero-order chi connectivity index (χ0) is 24.5. The van der Waals surface area contributed by atoms with E-state index in [0.717, 1.165) is 53.8 Å². The highest BCUT2D eigenvalue weighted by atomic mass is 16.5. The summed E-state index contributed by atoms with van der Waals surface area (Å²) in [5.41, 5.74) is 2.51. The number of fused-ring (bicyclic) bond motifs is 1. The SMILES string of the molecule is N#CCC(C1CCCC1)n1cc(-c2ncnc3[nH]ccc23)c(NC2CC(C(=O)N3CCOCC3)C2)n1. The molecule has 0 radical (unpaired) electrons. The van der Waals surface area contributed by atoms with Gasteiger partial charge in [0.2, 0.25) is 5.91 Å². The van der Waals surface area contributed by atoms with E-state index < -0.39 is 0 Å². The molecule has 10 nitrogen and oxygen atoms in total. The summed E-state index contributed by atoms with van der Waals surface area (Å²) < 4.78 is 7.38. The minimum Gasteiger partial charge on any atom is -0.378 e. The number of morpholine rings is 1. The van der Waals surface area contributed by atoms with E-state index in [-0.39, 0.29) is 23.9 Å². The van der Waals surface area contributed by atoms with Gasteiger partial charge in [-0.1, -0.05) is 12.8 Å². The zero-order valence-corrected chi connectivity index (χ0v) is 20.4. The van der Waals surface area contributed by atoms with Gasteiger partial charge in [0.1, 0.15) is 12.0 Å². The first-order chi connectivity index (χ1) is 17.7. The first-order valence-electron chi connectivity index (χ1n) is 13.1. The molecule has 2 N–H and O–H groups in total. The summed E-state index contributed by atoms with van der Waals surface area (Å²) in [6.45, 7) is 2.62. The molecule has 3 aromatic rings. The van der Waals surface area contributed by atoms with E-state index in [0.29, 0.717) is 38.6 Å². The third-order valence-electron chi connectivity index (χ3n) is 8.08. The van der Waals surface area contributed by atoms with Gasteiger partial charge in [0.05, 0.1) is 43.0 Å². The maximum atomic E-state index is 12.9. The van der Waals surface area contributed by atoms with Crippen molar-refractivity contribution in [2.24, 2.45) is 11.8 Å². The standard InChI is InChI=1S/C26H32N8O2/c27-7-5-22(17-3-1-2-4-17)34-15-21(23-20-6-8-28-24(20)30-16-29-23)25(32-34)31-19-13-18(14-19)26(35)33-9-11-36-12-10-33/h6,8,15-19,22H,1-5,9-14H2,(H,31,32)(H,28,29,30). The number of aromatic nitrogens is 5. The molecule has 1 aliphatic heterocycles. The largest absolute Gasteiger partial charge is 0.378 e. The number of aromatic amines is 1. The van der Waals surface area contributed by atoms with Crippen molar-refractivity contribution in [3.8, 4) is 17.3 Å². The molecule has 6 rings (SSSR count). The lowest BCUT2D eigenvalue weighted by Crippen LogP contribution is -2.49. The van der Waals surface area contributed by atoms with Crippen LogP contribution < -0.4 is 5.32 Å². The van der Waals surface area contributed by atoms with Crippen molar-refractivity contribution in [3.63, 3.8) is 0 Å². The number of nitriles is 1. The minimum atomic E-state index is 0.0476. The molecule has 4 heterocycles. The Bertz CT molecular complexity index is 1260. The van der Waals surface area contributed by atoms with Gasteiger partial charge in [-0.05, 0) is 37.7 Å². The maximum Gasteiger partial charge on any atom is 0.225 e. The number of nitrogens with one attached hydrogen (secondary N) is 2. The summed E-state index contributed by atoms with van der Waals surface area (Å²) in [4.78, 5) is 26.9. The van der Waals surface area contributed by atoms with Crippen LogP contribution in [0.1, 0.15) is 51.0 Å². The van der Waals surface area contributed by atoms with Crippen LogP contribution in [0.4, 0.5) is 5.82 Å². The molecule has 2 aliphatic carbocycles. The summed E-state index contributed by atoms with van der Waals surface area (Å²) in [6, 6.07) is 4.59. The number of anilines is 1. The Morgan fingerprint density at radius 3 is 2.83 bits per heavy atom. The van der Waals surface area contributed by atoms with E-state index in [1.54, 1.807) is 6.33 Å². The minimum absolute atomic E-state index is 0.0476. The number of rotatable bonds is 7. The number of ether oxygens (including phenoxy) is 1. The van der Waals surface area contributed by atoms with Gasteiger partial charge in [0.25, 0.3) is 0 Å². The smallest absolute Gasteiger partial charge is 0.225 e. The molecule has 0 bridgehead atoms. The number of carbonyl (C=O) groups is 1. The second-order valence-electron chi connectivity index (χ2n) is 10.3. The average Bonchev–Trinajstić information content (AvgIpc) is 3.65. The van der Waals surface area contributed by atoms with Gasteiger partial charge in [0.15, 0.2) is 5.82 Å². The number of hydrogen-bond acceptors (Lipinski definition) is 7. The second-order valence-corrected chi connectivity index (χ2v) is 10.3. The van der Waals surface area contributed by atoms with Crippen LogP contribution in [-0.4, -0.2) is 67.9 Å². The van der Waals surface area contributed by atoms with Crippen molar-refractivity contribution in [1.82, 2.24) is 29.6 Å². The van der Waals surface area contributed by atoms with Gasteiger partial charge in [-0.15, -0.1) is 0 Å². The van der Waals surface area contributed by atoms with Crippen LogP contribution in [-0.2, 0) is 9.53 Å². The Morgan fingerprint density at radius 2 is 2.06 bits per heavy atom. The molecule has 3 aliphatic rings. The van der Waals surface area contributed by atoms with E-state index in [9.17, 15) is 10.1 Å². The fourth-order valence-corrected chi connectivity index (χ4v) is 6.01. The highest BCUT2D eigenvalue weighted by Crippen LogP contribution is 2.40. The van der Waals surface area contributed by atoms with E-state index >= 15 is 0 Å². The van der Waals surface area contributed by atoms with E-state index in [1.165, 1.54) is 12.8 Å². The van der Waals surface area contributed by atoms with Crippen molar-refractivity contribution < 1.29 is 9.53 Å². The van der Waals surface area contributed by atoms with Gasteiger partial charge in [-0.25, -0.2) is 9.97 Å². The Morgan fingerprint density at radius 1 is 1.25 bits per heavy atom. The predicted octanol–water partition coefficient (Wildman–Crippen LogP) is 3.52. The summed E-state index contributed by atoms with van der Waals surface area (Å²) >= 11 is 0. The second kappa shape index (κ2) is 9.90. The van der Waals surface area contributed by atoms with Crippen molar-refractivity contribution in [1.29, 1.82) is 5.26 Å². The molecule has 1 amide bonds. The Hall–Kier alpha value is -3.45. The fraction of sp³-hybridized carbons (Fsp3) is 0.577. The summed E-state index contributed by atoms with van der Waals surface area (Å²) in [5.74, 6) is 1.51. The van der Waals surface area contributed by atoms with Crippen molar-refractivity contribution >= 4 is 22.8 Å². The predicted molar refractivity (Wildman–Crippen MR) is 134 cm³/mol. The molecular weight excluding hydrogens is 456 g/mol. The maximum absolute atomic E-state index is 12.9. The lowest BCUT2D eigenvalue weighted by atomic mass is 9.79. The molecule has 36 heavy (non-hydrogen) atoms. The lowest BCUT2D eigenvalue weighted by Gasteiger charge is -2.39. The zero-order valence-electron chi connectivity index (χ0n) is 20.4. The molecule has 1 saturated heterocycles. The first kappa shape index (κ1) is 23.0. The molecule has 1 unspecified atom stereocenters. The van der Waals surface area contributed by atoms with Gasteiger partial charge < -0.3 is 19.9 Å². The van der Waals surface area contributed by atoms with Crippen molar-refractivity contribution in [2.75, 3.05) is 31.6 Å². The van der Waals surface area contributed by atoms with Gasteiger partial charge in [-0.3, -0.25) is 9.48 Å². The summed E-state index contributed by atoms with van der Waals surface area (Å²) in [7, 11) is 0. The first-order valence-corrected chi connectivity index (χ1v) is 13.1. The third-order valence-corrected chi connectivity index (χ3v) is 8.08. The molecule has 188 valence electrons. The van der Waals surface area contributed by atoms with Crippen LogP contribution in [0.25, 0.3) is 22.3 Å². The number of nitrogens with zero attached hydrogens (tertiary/aromatic N) is 6.